The summed E-state index contributed by atoms with van der Waals surface area (Å²) in [6.07, 6.45) is -0.254. The third-order valence-electron chi connectivity index (χ3n) is 5.54. The van der Waals surface area contributed by atoms with Gasteiger partial charge in [-0.15, -0.1) is 11.3 Å². The molecule has 0 bridgehead atoms. The normalized spacial score (nSPS) is 22.8. The van der Waals surface area contributed by atoms with Crippen LogP contribution in [0.4, 0.5) is 13.2 Å². The molecule has 1 saturated heterocycles. The quantitative estimate of drug-likeness (QED) is 0.573. The van der Waals surface area contributed by atoms with E-state index in [-0.39, 0.29) is 36.7 Å². The van der Waals surface area contributed by atoms with E-state index in [1.54, 1.807) is 18.5 Å². The first-order valence-electron chi connectivity index (χ1n) is 10.6. The van der Waals surface area contributed by atoms with Crippen LogP contribution in [-0.2, 0) is 9.53 Å². The SMILES string of the molecule is CCOC(=O)C1=C(CN2CC[C@H](O)C(F)(F)C2)NC(c2nccs2)=NC1c1ccc(F)cc1Cl. The highest BCUT2D eigenvalue weighted by atomic mass is 35.5. The van der Waals surface area contributed by atoms with Crippen LogP contribution in [0.2, 0.25) is 5.02 Å². The first kappa shape index (κ1) is 24.6. The summed E-state index contributed by atoms with van der Waals surface area (Å²) in [6, 6.07) is 2.78. The van der Waals surface area contributed by atoms with E-state index in [0.29, 0.717) is 22.1 Å². The van der Waals surface area contributed by atoms with Gasteiger partial charge in [0.1, 0.15) is 18.0 Å². The van der Waals surface area contributed by atoms with Crippen molar-refractivity contribution in [3.63, 3.8) is 0 Å². The van der Waals surface area contributed by atoms with Gasteiger partial charge in [-0.25, -0.2) is 22.9 Å². The topological polar surface area (TPSA) is 87.0 Å². The molecular weight excluding hydrogens is 493 g/mol. The van der Waals surface area contributed by atoms with Crippen molar-refractivity contribution in [2.24, 2.45) is 4.99 Å². The third kappa shape index (κ3) is 5.12. The molecule has 7 nitrogen and oxygen atoms in total. The highest BCUT2D eigenvalue weighted by Gasteiger charge is 2.44. The minimum Gasteiger partial charge on any atom is -0.463 e. The van der Waals surface area contributed by atoms with Gasteiger partial charge in [0, 0.05) is 40.9 Å². The molecule has 2 aliphatic heterocycles. The molecule has 0 radical (unpaired) electrons. The zero-order valence-corrected chi connectivity index (χ0v) is 19.7. The van der Waals surface area contributed by atoms with Crippen molar-refractivity contribution in [3.8, 4) is 0 Å². The second kappa shape index (κ2) is 10.0. The number of likely N-dealkylation sites (tertiary alicyclic amines) is 1. The van der Waals surface area contributed by atoms with Crippen molar-refractivity contribution in [2.75, 3.05) is 26.2 Å². The van der Waals surface area contributed by atoms with Crippen molar-refractivity contribution in [3.05, 3.63) is 62.5 Å². The third-order valence-corrected chi connectivity index (χ3v) is 6.64. The smallest absolute Gasteiger partial charge is 0.338 e. The van der Waals surface area contributed by atoms with Crippen molar-refractivity contribution < 1.29 is 27.8 Å². The zero-order valence-electron chi connectivity index (χ0n) is 18.1. The lowest BCUT2D eigenvalue weighted by Crippen LogP contribution is -2.53. The molecule has 1 fully saturated rings. The van der Waals surface area contributed by atoms with E-state index in [1.807, 2.05) is 0 Å². The predicted octanol–water partition coefficient (Wildman–Crippen LogP) is 3.55. The predicted molar refractivity (Wildman–Crippen MR) is 122 cm³/mol. The summed E-state index contributed by atoms with van der Waals surface area (Å²) >= 11 is 7.62. The minimum atomic E-state index is -3.29. The van der Waals surface area contributed by atoms with E-state index in [1.165, 1.54) is 28.4 Å². The molecule has 2 N–H and O–H groups in total. The van der Waals surface area contributed by atoms with Gasteiger partial charge in [0.2, 0.25) is 0 Å². The van der Waals surface area contributed by atoms with E-state index >= 15 is 0 Å². The lowest BCUT2D eigenvalue weighted by atomic mass is 9.94. The van der Waals surface area contributed by atoms with Crippen LogP contribution < -0.4 is 5.32 Å². The number of carbonyl (C=O) groups is 1. The largest absolute Gasteiger partial charge is 0.463 e. The first-order chi connectivity index (χ1) is 16.2. The molecule has 4 rings (SSSR count). The number of piperidine rings is 1. The van der Waals surface area contributed by atoms with Gasteiger partial charge in [-0.2, -0.15) is 0 Å². The average molecular weight is 515 g/mol. The number of aliphatic imine (C=N–C) groups is 1. The fraction of sp³-hybridized carbons (Fsp3) is 0.409. The Kier molecular flexibility index (Phi) is 7.27. The average Bonchev–Trinajstić information content (AvgIpc) is 3.31. The van der Waals surface area contributed by atoms with Gasteiger partial charge in [-0.1, -0.05) is 17.7 Å². The number of thiazole rings is 1. The van der Waals surface area contributed by atoms with Crippen LogP contribution in [-0.4, -0.2) is 65.1 Å². The maximum atomic E-state index is 14.2. The van der Waals surface area contributed by atoms with Gasteiger partial charge in [0.25, 0.3) is 5.92 Å². The fourth-order valence-corrected chi connectivity index (χ4v) is 4.78. The van der Waals surface area contributed by atoms with Crippen molar-refractivity contribution in [1.29, 1.82) is 0 Å². The van der Waals surface area contributed by atoms with Crippen LogP contribution in [0.25, 0.3) is 0 Å². The molecule has 34 heavy (non-hydrogen) atoms. The summed E-state index contributed by atoms with van der Waals surface area (Å²) in [7, 11) is 0. The number of ether oxygens (including phenoxy) is 1. The number of nitrogens with one attached hydrogen (secondary N) is 1. The van der Waals surface area contributed by atoms with Crippen LogP contribution in [0.3, 0.4) is 0 Å². The van der Waals surface area contributed by atoms with Gasteiger partial charge in [-0.3, -0.25) is 9.89 Å². The van der Waals surface area contributed by atoms with Crippen LogP contribution >= 0.6 is 22.9 Å². The Hall–Kier alpha value is -2.47. The monoisotopic (exact) mass is 514 g/mol. The Morgan fingerprint density at radius 3 is 2.88 bits per heavy atom. The summed E-state index contributed by atoms with van der Waals surface area (Å²) in [6.45, 7) is 1.18. The number of aliphatic hydroxyl groups is 1. The van der Waals surface area contributed by atoms with Gasteiger partial charge < -0.3 is 15.2 Å². The lowest BCUT2D eigenvalue weighted by Gasteiger charge is -2.37. The second-order valence-corrected chi connectivity index (χ2v) is 9.20. The number of benzene rings is 1. The van der Waals surface area contributed by atoms with E-state index in [9.17, 15) is 23.1 Å². The Morgan fingerprint density at radius 1 is 1.44 bits per heavy atom. The number of halogens is 4. The molecule has 0 aliphatic carbocycles. The van der Waals surface area contributed by atoms with E-state index in [4.69, 9.17) is 16.3 Å². The van der Waals surface area contributed by atoms with Crippen molar-refractivity contribution in [1.82, 2.24) is 15.2 Å². The van der Waals surface area contributed by atoms with Crippen LogP contribution in [0.15, 0.2) is 46.0 Å². The zero-order chi connectivity index (χ0) is 24.5. The Morgan fingerprint density at radius 2 is 2.24 bits per heavy atom. The molecule has 1 unspecified atom stereocenters. The van der Waals surface area contributed by atoms with Gasteiger partial charge in [0.05, 0.1) is 18.7 Å². The highest BCUT2D eigenvalue weighted by molar-refractivity contribution is 7.11. The molecule has 2 aliphatic rings. The minimum absolute atomic E-state index is 0.0583. The molecule has 0 amide bonds. The van der Waals surface area contributed by atoms with E-state index < -0.39 is 36.4 Å². The summed E-state index contributed by atoms with van der Waals surface area (Å²) < 4.78 is 47.4. The Balaban J connectivity index is 1.80. The number of carbonyl (C=O) groups excluding carboxylic acids is 1. The number of hydrogen-bond acceptors (Lipinski definition) is 8. The van der Waals surface area contributed by atoms with Crippen LogP contribution in [0.5, 0.6) is 0 Å². The molecule has 2 aromatic rings. The number of amidine groups is 1. The lowest BCUT2D eigenvalue weighted by molar-refractivity contribution is -0.148. The number of aliphatic hydroxyl groups excluding tert-OH is 1. The van der Waals surface area contributed by atoms with Gasteiger partial charge >= 0.3 is 5.97 Å². The Bertz CT molecular complexity index is 1130. The Labute approximate surface area is 202 Å². The molecule has 1 aromatic heterocycles. The number of hydrogen-bond donors (Lipinski definition) is 2. The first-order valence-corrected chi connectivity index (χ1v) is 11.8. The fourth-order valence-electron chi connectivity index (χ4n) is 3.92. The molecule has 0 saturated carbocycles. The summed E-state index contributed by atoms with van der Waals surface area (Å²) in [5, 5.41) is 15.0. The van der Waals surface area contributed by atoms with Gasteiger partial charge in [0.15, 0.2) is 10.8 Å². The molecular formula is C22H22ClF3N4O3S. The van der Waals surface area contributed by atoms with Gasteiger partial charge in [-0.05, 0) is 25.5 Å². The second-order valence-electron chi connectivity index (χ2n) is 7.90. The summed E-state index contributed by atoms with van der Waals surface area (Å²) in [5.41, 5.74) is 0.750. The van der Waals surface area contributed by atoms with Crippen LogP contribution in [0, 0.1) is 5.82 Å². The summed E-state index contributed by atoms with van der Waals surface area (Å²) in [5.74, 6) is -4.21. The standard InChI is InChI=1S/C22H22ClF3N4O3S/c1-2-33-21(32)17-15(10-30-7-5-16(31)22(25,26)11-30)28-19(20-27-6-8-34-20)29-18(17)13-4-3-12(24)9-14(13)23/h3-4,6,8-9,16,18,31H,2,5,7,10-11H2,1H3,(H,28,29)/t16-,18?/m0/s1. The van der Waals surface area contributed by atoms with Crippen molar-refractivity contribution in [2.45, 2.75) is 31.4 Å². The number of esters is 1. The number of alkyl halides is 2. The maximum Gasteiger partial charge on any atom is 0.338 e. The molecule has 12 heteroatoms. The maximum absolute atomic E-state index is 14.2. The molecule has 3 heterocycles. The number of nitrogens with zero attached hydrogens (tertiary/aromatic N) is 3. The van der Waals surface area contributed by atoms with Crippen molar-refractivity contribution >= 4 is 34.7 Å². The van der Waals surface area contributed by atoms with E-state index in [2.05, 4.69) is 15.3 Å². The highest BCUT2D eigenvalue weighted by Crippen LogP contribution is 2.37. The molecule has 1 aromatic carbocycles. The molecule has 0 spiro atoms. The molecule has 182 valence electrons. The molecule has 2 atom stereocenters. The summed E-state index contributed by atoms with van der Waals surface area (Å²) in [4.78, 5) is 23.4. The number of rotatable bonds is 6. The number of aromatic nitrogens is 1. The van der Waals surface area contributed by atoms with Crippen LogP contribution in [0.1, 0.15) is 30.0 Å². The van der Waals surface area contributed by atoms with E-state index in [0.717, 1.165) is 6.07 Å².